The van der Waals surface area contributed by atoms with E-state index in [1.54, 1.807) is 51.2 Å². The second-order valence-corrected chi connectivity index (χ2v) is 10.5. The number of para-hydroxylation sites is 1. The number of hydrogen-bond donors (Lipinski definition) is 0. The molecule has 1 saturated heterocycles. The van der Waals surface area contributed by atoms with Gasteiger partial charge in [0.1, 0.15) is 5.60 Å². The molecule has 0 bridgehead atoms. The van der Waals surface area contributed by atoms with Crippen molar-refractivity contribution in [2.45, 2.75) is 64.6 Å². The number of ether oxygens (including phenoxy) is 3. The molecule has 1 aromatic heterocycles. The smallest absolute Gasteiger partial charge is 0.419 e. The highest BCUT2D eigenvalue weighted by Gasteiger charge is 2.32. The Labute approximate surface area is 221 Å². The fraction of sp³-hybridized carbons (Fsp3) is 0.429. The van der Waals surface area contributed by atoms with Crippen molar-refractivity contribution >= 4 is 23.0 Å². The van der Waals surface area contributed by atoms with Crippen LogP contribution in [0, 0.1) is 35.0 Å². The summed E-state index contributed by atoms with van der Waals surface area (Å²) in [4.78, 5) is 25.7. The van der Waals surface area contributed by atoms with Crippen LogP contribution in [0.25, 0.3) is 10.9 Å². The van der Waals surface area contributed by atoms with Gasteiger partial charge in [0.2, 0.25) is 34.8 Å². The van der Waals surface area contributed by atoms with Gasteiger partial charge in [-0.2, -0.15) is 8.78 Å². The van der Waals surface area contributed by atoms with Crippen LogP contribution in [-0.4, -0.2) is 34.9 Å². The van der Waals surface area contributed by atoms with Gasteiger partial charge >= 0.3 is 12.1 Å². The third-order valence-corrected chi connectivity index (χ3v) is 6.42. The van der Waals surface area contributed by atoms with Gasteiger partial charge < -0.3 is 14.2 Å². The Morgan fingerprint density at radius 3 is 2.26 bits per heavy atom. The highest BCUT2D eigenvalue weighted by molar-refractivity contribution is 5.92. The highest BCUT2D eigenvalue weighted by Crippen LogP contribution is 2.33. The van der Waals surface area contributed by atoms with Gasteiger partial charge in [-0.3, -0.25) is 9.36 Å². The minimum atomic E-state index is -2.35. The van der Waals surface area contributed by atoms with Crippen molar-refractivity contribution in [3.05, 3.63) is 65.1 Å². The molecular weight excluding hydrogens is 525 g/mol. The van der Waals surface area contributed by atoms with Gasteiger partial charge in [-0.25, -0.2) is 18.0 Å². The molecule has 0 amide bonds. The summed E-state index contributed by atoms with van der Waals surface area (Å²) in [6, 6.07) is 7.09. The summed E-state index contributed by atoms with van der Waals surface area (Å²) in [6.07, 6.45) is 2.55. The van der Waals surface area contributed by atoms with Gasteiger partial charge in [0.15, 0.2) is 0 Å². The monoisotopic (exact) mass is 553 g/mol. The number of fused-ring (bicyclic) bond motifs is 1. The maximum absolute atomic E-state index is 14.1. The van der Waals surface area contributed by atoms with E-state index in [2.05, 4.69) is 4.74 Å². The largest absolute Gasteiger partial charge is 0.443 e. The Balaban J connectivity index is 1.63. The molecule has 0 N–H and O–H groups in total. The van der Waals surface area contributed by atoms with Crippen LogP contribution in [0.4, 0.5) is 26.7 Å². The topological polar surface area (TPSA) is 66.8 Å². The zero-order chi connectivity index (χ0) is 28.5. The van der Waals surface area contributed by atoms with E-state index in [0.717, 1.165) is 18.2 Å². The number of rotatable bonds is 6. The SMILES string of the molecule is CC(C)(C)OC(=O)n1cc(CC(CC(=O)Oc2c(F)c(F)c(F)c(F)c2F)C2CCCCO2)c2ccccc21. The van der Waals surface area contributed by atoms with E-state index in [9.17, 15) is 31.5 Å². The van der Waals surface area contributed by atoms with E-state index in [4.69, 9.17) is 9.47 Å². The molecule has 39 heavy (non-hydrogen) atoms. The lowest BCUT2D eigenvalue weighted by Gasteiger charge is -2.30. The number of nitrogens with zero attached hydrogens (tertiary/aromatic N) is 1. The molecule has 0 radical (unpaired) electrons. The van der Waals surface area contributed by atoms with Crippen molar-refractivity contribution in [2.75, 3.05) is 6.61 Å². The summed E-state index contributed by atoms with van der Waals surface area (Å²) >= 11 is 0. The summed E-state index contributed by atoms with van der Waals surface area (Å²) in [5, 5.41) is 0.720. The molecule has 0 spiro atoms. The number of benzene rings is 2. The Hall–Kier alpha value is -3.47. The van der Waals surface area contributed by atoms with Crippen molar-refractivity contribution < 1.29 is 45.8 Å². The summed E-state index contributed by atoms with van der Waals surface area (Å²) in [5.41, 5.74) is 0.517. The van der Waals surface area contributed by atoms with Gasteiger partial charge in [0, 0.05) is 18.2 Å². The number of esters is 1. The molecule has 6 nitrogen and oxygen atoms in total. The van der Waals surface area contributed by atoms with Crippen LogP contribution in [0.15, 0.2) is 30.5 Å². The molecule has 210 valence electrons. The van der Waals surface area contributed by atoms with Crippen molar-refractivity contribution in [1.29, 1.82) is 0 Å². The predicted octanol–water partition coefficient (Wildman–Crippen LogP) is 6.84. The molecule has 1 aliphatic heterocycles. The van der Waals surface area contributed by atoms with Crippen LogP contribution in [0.3, 0.4) is 0 Å². The molecule has 2 unspecified atom stereocenters. The maximum atomic E-state index is 14.1. The third kappa shape index (κ3) is 6.24. The molecule has 1 fully saturated rings. The molecule has 2 atom stereocenters. The zero-order valence-electron chi connectivity index (χ0n) is 21.7. The lowest BCUT2D eigenvalue weighted by molar-refractivity contribution is -0.138. The van der Waals surface area contributed by atoms with Gasteiger partial charge in [-0.15, -0.1) is 0 Å². The number of hydrogen-bond acceptors (Lipinski definition) is 5. The molecule has 0 aliphatic carbocycles. The van der Waals surface area contributed by atoms with Crippen molar-refractivity contribution in [2.24, 2.45) is 5.92 Å². The molecule has 11 heteroatoms. The molecule has 2 aromatic carbocycles. The van der Waals surface area contributed by atoms with Crippen LogP contribution in [-0.2, 0) is 20.7 Å². The first kappa shape index (κ1) is 28.5. The van der Waals surface area contributed by atoms with E-state index in [0.29, 0.717) is 24.1 Å². The average molecular weight is 554 g/mol. The van der Waals surface area contributed by atoms with Crippen LogP contribution in [0.1, 0.15) is 52.0 Å². The van der Waals surface area contributed by atoms with Crippen LogP contribution in [0.5, 0.6) is 5.75 Å². The number of carbonyl (C=O) groups is 2. The lowest BCUT2D eigenvalue weighted by Crippen LogP contribution is -2.32. The minimum absolute atomic E-state index is 0.202. The lowest BCUT2D eigenvalue weighted by atomic mass is 9.87. The third-order valence-electron chi connectivity index (χ3n) is 6.42. The van der Waals surface area contributed by atoms with E-state index in [-0.39, 0.29) is 6.42 Å². The summed E-state index contributed by atoms with van der Waals surface area (Å²) in [7, 11) is 0. The fourth-order valence-electron chi connectivity index (χ4n) is 4.67. The van der Waals surface area contributed by atoms with Crippen LogP contribution < -0.4 is 4.74 Å². The summed E-state index contributed by atoms with van der Waals surface area (Å²) < 4.78 is 86.2. The maximum Gasteiger partial charge on any atom is 0.419 e. The van der Waals surface area contributed by atoms with Crippen molar-refractivity contribution in [1.82, 2.24) is 4.57 Å². The van der Waals surface area contributed by atoms with E-state index in [1.807, 2.05) is 0 Å². The number of aromatic nitrogens is 1. The standard InChI is InChI=1S/C28H28F5NO5/c1-28(2,3)39-27(36)34-14-16(17-8-4-5-9-18(17)34)12-15(19-10-6-7-11-37-19)13-20(35)38-26-24(32)22(30)21(29)23(31)25(26)33/h4-5,8-9,14-15,19H,6-7,10-13H2,1-3H3. The van der Waals surface area contributed by atoms with Crippen LogP contribution >= 0.6 is 0 Å². The first-order chi connectivity index (χ1) is 18.4. The molecule has 0 saturated carbocycles. The molecule has 2 heterocycles. The summed E-state index contributed by atoms with van der Waals surface area (Å²) in [5.74, 6) is -14.7. The first-order valence-corrected chi connectivity index (χ1v) is 12.5. The van der Waals surface area contributed by atoms with E-state index < -0.39 is 70.9 Å². The zero-order valence-corrected chi connectivity index (χ0v) is 21.7. The van der Waals surface area contributed by atoms with Gasteiger partial charge in [-0.05, 0) is 64.0 Å². The first-order valence-electron chi connectivity index (χ1n) is 12.5. The van der Waals surface area contributed by atoms with Crippen molar-refractivity contribution in [3.63, 3.8) is 0 Å². The Morgan fingerprint density at radius 2 is 1.64 bits per heavy atom. The van der Waals surface area contributed by atoms with Gasteiger partial charge in [-0.1, -0.05) is 18.2 Å². The second kappa shape index (κ2) is 11.3. The normalized spacial score (nSPS) is 16.8. The Morgan fingerprint density at radius 1 is 1.00 bits per heavy atom. The molecule has 4 rings (SSSR count). The van der Waals surface area contributed by atoms with E-state index >= 15 is 0 Å². The van der Waals surface area contributed by atoms with E-state index in [1.165, 1.54) is 4.57 Å². The Kier molecular flexibility index (Phi) is 8.29. The molecular formula is C28H28F5NO5. The quantitative estimate of drug-likeness (QED) is 0.110. The van der Waals surface area contributed by atoms with Crippen LogP contribution in [0.2, 0.25) is 0 Å². The predicted molar refractivity (Wildman–Crippen MR) is 131 cm³/mol. The minimum Gasteiger partial charge on any atom is -0.443 e. The molecule has 3 aromatic rings. The van der Waals surface area contributed by atoms with Gasteiger partial charge in [0.25, 0.3) is 0 Å². The number of halogens is 5. The van der Waals surface area contributed by atoms with Crippen molar-refractivity contribution in [3.8, 4) is 5.75 Å². The summed E-state index contributed by atoms with van der Waals surface area (Å²) in [6.45, 7) is 5.66. The number of carbonyl (C=O) groups excluding carboxylic acids is 2. The Bertz CT molecular complexity index is 1360. The average Bonchev–Trinajstić information content (AvgIpc) is 3.26. The molecule has 1 aliphatic rings. The van der Waals surface area contributed by atoms with Gasteiger partial charge in [0.05, 0.1) is 18.0 Å². The highest BCUT2D eigenvalue weighted by atomic mass is 19.2. The fourth-order valence-corrected chi connectivity index (χ4v) is 4.67. The second-order valence-electron chi connectivity index (χ2n) is 10.5.